The molecule has 0 spiro atoms. The number of aryl methyl sites for hydroxylation is 1. The fourth-order valence-corrected chi connectivity index (χ4v) is 2.19. The lowest BCUT2D eigenvalue weighted by atomic mass is 9.95. The van der Waals surface area contributed by atoms with E-state index in [1.807, 2.05) is 42.8 Å². The van der Waals surface area contributed by atoms with Gasteiger partial charge < -0.3 is 5.73 Å². The first-order valence-electron chi connectivity index (χ1n) is 6.77. The summed E-state index contributed by atoms with van der Waals surface area (Å²) in [7, 11) is 0. The molecule has 2 unspecified atom stereocenters. The number of ketones is 1. The number of nitrogens with two attached hydrogens (primary N) is 1. The molecule has 2 atom stereocenters. The van der Waals surface area contributed by atoms with E-state index in [2.05, 4.69) is 12.0 Å². The summed E-state index contributed by atoms with van der Waals surface area (Å²) in [6.45, 7) is 6.60. The van der Waals surface area contributed by atoms with Crippen LogP contribution in [0.1, 0.15) is 26.5 Å². The Hall–Kier alpha value is -1.68. The van der Waals surface area contributed by atoms with Crippen molar-refractivity contribution >= 4 is 16.7 Å². The van der Waals surface area contributed by atoms with E-state index in [1.165, 1.54) is 0 Å². The van der Waals surface area contributed by atoms with Crippen LogP contribution in [0.15, 0.2) is 24.3 Å². The number of Topliss-reactive ketones (excluding diaryl/α,β-unsaturated/α-hetero) is 1. The van der Waals surface area contributed by atoms with Crippen LogP contribution in [0.2, 0.25) is 0 Å². The van der Waals surface area contributed by atoms with Crippen molar-refractivity contribution in [3.8, 4) is 0 Å². The third-order valence-electron chi connectivity index (χ3n) is 3.67. The van der Waals surface area contributed by atoms with Gasteiger partial charge in [-0.15, -0.1) is 0 Å². The van der Waals surface area contributed by atoms with E-state index in [-0.39, 0.29) is 17.7 Å². The highest BCUT2D eigenvalue weighted by Crippen LogP contribution is 2.20. The maximum Gasteiger partial charge on any atom is 0.143 e. The van der Waals surface area contributed by atoms with Gasteiger partial charge in [-0.05, 0) is 19.9 Å². The first kappa shape index (κ1) is 13.7. The second kappa shape index (κ2) is 5.53. The summed E-state index contributed by atoms with van der Waals surface area (Å²) in [6.07, 6.45) is 0.357. The minimum absolute atomic E-state index is 0.118. The zero-order valence-corrected chi connectivity index (χ0v) is 11.8. The van der Waals surface area contributed by atoms with Crippen LogP contribution in [-0.2, 0) is 17.8 Å². The van der Waals surface area contributed by atoms with Crippen LogP contribution in [0.3, 0.4) is 0 Å². The van der Waals surface area contributed by atoms with Gasteiger partial charge in [0.1, 0.15) is 5.78 Å². The number of rotatable bonds is 5. The van der Waals surface area contributed by atoms with Gasteiger partial charge in [0, 0.05) is 23.9 Å². The number of hydrogen-bond donors (Lipinski definition) is 1. The lowest BCUT2D eigenvalue weighted by Gasteiger charge is -2.13. The molecule has 0 saturated heterocycles. The molecule has 0 aliphatic rings. The van der Waals surface area contributed by atoms with Crippen LogP contribution in [0.25, 0.3) is 10.9 Å². The van der Waals surface area contributed by atoms with Gasteiger partial charge in [-0.3, -0.25) is 9.48 Å². The van der Waals surface area contributed by atoms with Crippen LogP contribution in [0.5, 0.6) is 0 Å². The molecule has 0 amide bonds. The zero-order chi connectivity index (χ0) is 14.0. The van der Waals surface area contributed by atoms with E-state index >= 15 is 0 Å². The number of hydrogen-bond acceptors (Lipinski definition) is 3. The van der Waals surface area contributed by atoms with Crippen molar-refractivity contribution in [2.45, 2.75) is 39.8 Å². The Labute approximate surface area is 113 Å². The van der Waals surface area contributed by atoms with Gasteiger partial charge in [0.2, 0.25) is 0 Å². The average Bonchev–Trinajstić information content (AvgIpc) is 2.76. The normalized spacial score (nSPS) is 14.5. The topological polar surface area (TPSA) is 60.9 Å². The SMILES string of the molecule is CCn1nc(CC(=O)C(C)C(C)N)c2ccccc21. The Bertz CT molecular complexity index is 586. The monoisotopic (exact) mass is 259 g/mol. The highest BCUT2D eigenvalue weighted by molar-refractivity contribution is 5.89. The molecule has 1 aromatic carbocycles. The molecule has 0 saturated carbocycles. The highest BCUT2D eigenvalue weighted by Gasteiger charge is 2.20. The molecule has 4 heteroatoms. The van der Waals surface area contributed by atoms with Gasteiger partial charge in [0.25, 0.3) is 0 Å². The lowest BCUT2D eigenvalue weighted by molar-refractivity contribution is -0.122. The summed E-state index contributed by atoms with van der Waals surface area (Å²) in [6, 6.07) is 7.91. The van der Waals surface area contributed by atoms with Gasteiger partial charge in [-0.25, -0.2) is 0 Å². The minimum Gasteiger partial charge on any atom is -0.327 e. The highest BCUT2D eigenvalue weighted by atomic mass is 16.1. The van der Waals surface area contributed by atoms with E-state index in [4.69, 9.17) is 5.73 Å². The molecule has 0 aliphatic carbocycles. The molecule has 0 bridgehead atoms. The molecule has 102 valence electrons. The van der Waals surface area contributed by atoms with Gasteiger partial charge in [0.05, 0.1) is 17.6 Å². The summed E-state index contributed by atoms with van der Waals surface area (Å²) in [5.74, 6) is 0.0204. The van der Waals surface area contributed by atoms with E-state index in [1.54, 1.807) is 0 Å². The van der Waals surface area contributed by atoms with Crippen molar-refractivity contribution in [2.24, 2.45) is 11.7 Å². The Morgan fingerprint density at radius 2 is 2.05 bits per heavy atom. The Morgan fingerprint density at radius 1 is 1.37 bits per heavy atom. The third kappa shape index (κ3) is 2.68. The molecule has 2 rings (SSSR count). The number of fused-ring (bicyclic) bond motifs is 1. The molecule has 0 fully saturated rings. The average molecular weight is 259 g/mol. The zero-order valence-electron chi connectivity index (χ0n) is 11.8. The summed E-state index contributed by atoms with van der Waals surface area (Å²) < 4.78 is 1.94. The van der Waals surface area contributed by atoms with E-state index < -0.39 is 0 Å². The van der Waals surface area contributed by atoms with Crippen molar-refractivity contribution in [2.75, 3.05) is 0 Å². The first-order valence-corrected chi connectivity index (χ1v) is 6.77. The standard InChI is InChI=1S/C15H21N3O/c1-4-18-14-8-6-5-7-12(14)13(17-18)9-15(19)10(2)11(3)16/h5-8,10-11H,4,9,16H2,1-3H3. The second-order valence-electron chi connectivity index (χ2n) is 5.07. The molecule has 2 N–H and O–H groups in total. The predicted octanol–water partition coefficient (Wildman–Crippen LogP) is 2.15. The lowest BCUT2D eigenvalue weighted by Crippen LogP contribution is -2.31. The fraction of sp³-hybridized carbons (Fsp3) is 0.467. The van der Waals surface area contributed by atoms with Crippen molar-refractivity contribution in [1.82, 2.24) is 9.78 Å². The van der Waals surface area contributed by atoms with Gasteiger partial charge >= 0.3 is 0 Å². The summed E-state index contributed by atoms with van der Waals surface area (Å²) in [5.41, 5.74) is 7.73. The first-order chi connectivity index (χ1) is 9.04. The Balaban J connectivity index is 2.33. The Kier molecular flexibility index (Phi) is 4.00. The van der Waals surface area contributed by atoms with Gasteiger partial charge in [-0.2, -0.15) is 5.10 Å². The molecule has 0 aliphatic heterocycles. The second-order valence-corrected chi connectivity index (χ2v) is 5.07. The largest absolute Gasteiger partial charge is 0.327 e. The van der Waals surface area contributed by atoms with Crippen molar-refractivity contribution < 1.29 is 4.79 Å². The smallest absolute Gasteiger partial charge is 0.143 e. The van der Waals surface area contributed by atoms with Gasteiger partial charge in [0.15, 0.2) is 0 Å². The van der Waals surface area contributed by atoms with Crippen molar-refractivity contribution in [3.63, 3.8) is 0 Å². The van der Waals surface area contributed by atoms with Crippen LogP contribution < -0.4 is 5.73 Å². The molecular weight excluding hydrogens is 238 g/mol. The number of aromatic nitrogens is 2. The summed E-state index contributed by atoms with van der Waals surface area (Å²) in [4.78, 5) is 12.2. The maximum absolute atomic E-state index is 12.2. The number of benzene rings is 1. The molecular formula is C15H21N3O. The molecule has 19 heavy (non-hydrogen) atoms. The number of para-hydroxylation sites is 1. The van der Waals surface area contributed by atoms with Crippen LogP contribution in [0, 0.1) is 5.92 Å². The van der Waals surface area contributed by atoms with Crippen molar-refractivity contribution in [3.05, 3.63) is 30.0 Å². The van der Waals surface area contributed by atoms with Crippen molar-refractivity contribution in [1.29, 1.82) is 0 Å². The fourth-order valence-electron chi connectivity index (χ4n) is 2.19. The van der Waals surface area contributed by atoms with Crippen LogP contribution in [0.4, 0.5) is 0 Å². The maximum atomic E-state index is 12.2. The van der Waals surface area contributed by atoms with Crippen LogP contribution in [-0.4, -0.2) is 21.6 Å². The number of nitrogens with zero attached hydrogens (tertiary/aromatic N) is 2. The molecule has 1 aromatic heterocycles. The van der Waals surface area contributed by atoms with E-state index in [9.17, 15) is 4.79 Å². The van der Waals surface area contributed by atoms with E-state index in [0.29, 0.717) is 6.42 Å². The molecule has 4 nitrogen and oxygen atoms in total. The summed E-state index contributed by atoms with van der Waals surface area (Å²) >= 11 is 0. The predicted molar refractivity (Wildman–Crippen MR) is 76.9 cm³/mol. The Morgan fingerprint density at radius 3 is 2.68 bits per heavy atom. The summed E-state index contributed by atoms with van der Waals surface area (Å²) in [5, 5.41) is 5.61. The molecule has 0 radical (unpaired) electrons. The quantitative estimate of drug-likeness (QED) is 0.895. The number of carbonyl (C=O) groups excluding carboxylic acids is 1. The third-order valence-corrected chi connectivity index (χ3v) is 3.67. The molecule has 1 heterocycles. The minimum atomic E-state index is -0.134. The number of carbonyl (C=O) groups is 1. The van der Waals surface area contributed by atoms with Crippen LogP contribution >= 0.6 is 0 Å². The van der Waals surface area contributed by atoms with Gasteiger partial charge in [-0.1, -0.05) is 25.1 Å². The molecule has 2 aromatic rings. The van der Waals surface area contributed by atoms with E-state index in [0.717, 1.165) is 23.1 Å².